The molecule has 1 atom stereocenters. The van der Waals surface area contributed by atoms with Crippen LogP contribution in [0.5, 0.6) is 0 Å². The maximum Gasteiger partial charge on any atom is 0.251 e. The van der Waals surface area contributed by atoms with E-state index in [0.717, 1.165) is 6.42 Å². The highest BCUT2D eigenvalue weighted by molar-refractivity contribution is 6.34. The van der Waals surface area contributed by atoms with E-state index < -0.39 is 5.92 Å². The number of hydrogen-bond donors (Lipinski definition) is 2. The fourth-order valence-electron chi connectivity index (χ4n) is 3.44. The van der Waals surface area contributed by atoms with Gasteiger partial charge in [0.05, 0.1) is 16.6 Å². The number of benzene rings is 3. The zero-order valence-electron chi connectivity index (χ0n) is 19.6. The molecule has 0 aliphatic carbocycles. The van der Waals surface area contributed by atoms with E-state index in [1.165, 1.54) is 0 Å². The van der Waals surface area contributed by atoms with Crippen LogP contribution >= 0.6 is 11.6 Å². The van der Waals surface area contributed by atoms with Crippen LogP contribution in [0.15, 0.2) is 72.8 Å². The van der Waals surface area contributed by atoms with Gasteiger partial charge in [-0.15, -0.1) is 0 Å². The number of hydrogen-bond acceptors (Lipinski definition) is 3. The molecule has 0 aliphatic rings. The van der Waals surface area contributed by atoms with E-state index in [1.807, 2.05) is 24.3 Å². The van der Waals surface area contributed by atoms with Crippen LogP contribution < -0.4 is 10.6 Å². The molecule has 0 spiro atoms. The first-order valence-corrected chi connectivity index (χ1v) is 11.7. The molecule has 3 aromatic rings. The van der Waals surface area contributed by atoms with E-state index in [0.29, 0.717) is 45.4 Å². The SMILES string of the molecule is CC(C)CCNC(=O)c1ccc(Cl)c(NC(=O)[C@@H](C)c2cccc(C(=O)c3ccccc3)c2)c1. The number of amides is 2. The van der Waals surface area contributed by atoms with Gasteiger partial charge in [-0.05, 0) is 49.1 Å². The van der Waals surface area contributed by atoms with Gasteiger partial charge in [0, 0.05) is 23.2 Å². The van der Waals surface area contributed by atoms with E-state index in [4.69, 9.17) is 11.6 Å². The van der Waals surface area contributed by atoms with E-state index in [-0.39, 0.29) is 17.6 Å². The van der Waals surface area contributed by atoms with Crippen molar-refractivity contribution in [3.05, 3.63) is 100 Å². The lowest BCUT2D eigenvalue weighted by molar-refractivity contribution is -0.117. The number of nitrogens with one attached hydrogen (secondary N) is 2. The molecule has 6 heteroatoms. The summed E-state index contributed by atoms with van der Waals surface area (Å²) in [4.78, 5) is 38.2. The quantitative estimate of drug-likeness (QED) is 0.367. The Balaban J connectivity index is 1.72. The number of carbonyl (C=O) groups excluding carboxylic acids is 3. The van der Waals surface area contributed by atoms with Crippen molar-refractivity contribution >= 4 is 34.9 Å². The van der Waals surface area contributed by atoms with Gasteiger partial charge in [-0.25, -0.2) is 0 Å². The lowest BCUT2D eigenvalue weighted by Gasteiger charge is -2.15. The summed E-state index contributed by atoms with van der Waals surface area (Å²) in [5.74, 6) is -0.655. The third-order valence-corrected chi connectivity index (χ3v) is 5.90. The van der Waals surface area contributed by atoms with Crippen LogP contribution in [-0.2, 0) is 4.79 Å². The molecule has 0 aromatic heterocycles. The van der Waals surface area contributed by atoms with Gasteiger partial charge in [-0.2, -0.15) is 0 Å². The van der Waals surface area contributed by atoms with E-state index in [9.17, 15) is 14.4 Å². The van der Waals surface area contributed by atoms with E-state index in [2.05, 4.69) is 24.5 Å². The second-order valence-electron chi connectivity index (χ2n) is 8.66. The second-order valence-corrected chi connectivity index (χ2v) is 9.07. The summed E-state index contributed by atoms with van der Waals surface area (Å²) in [6.07, 6.45) is 0.881. The van der Waals surface area contributed by atoms with Crippen LogP contribution in [0.25, 0.3) is 0 Å². The van der Waals surface area contributed by atoms with Crippen LogP contribution in [0.1, 0.15) is 65.0 Å². The zero-order chi connectivity index (χ0) is 24.7. The summed E-state index contributed by atoms with van der Waals surface area (Å²) in [6.45, 7) is 6.53. The summed E-state index contributed by atoms with van der Waals surface area (Å²) in [5, 5.41) is 6.05. The average molecular weight is 477 g/mol. The summed E-state index contributed by atoms with van der Waals surface area (Å²) in [5.41, 5.74) is 2.60. The van der Waals surface area contributed by atoms with Crippen LogP contribution in [-0.4, -0.2) is 24.1 Å². The van der Waals surface area contributed by atoms with Gasteiger partial charge < -0.3 is 10.6 Å². The summed E-state index contributed by atoms with van der Waals surface area (Å²) < 4.78 is 0. The third kappa shape index (κ3) is 6.55. The summed E-state index contributed by atoms with van der Waals surface area (Å²) in [7, 11) is 0. The average Bonchev–Trinajstić information content (AvgIpc) is 2.84. The van der Waals surface area contributed by atoms with Gasteiger partial charge in [-0.3, -0.25) is 14.4 Å². The van der Waals surface area contributed by atoms with Gasteiger partial charge in [0.25, 0.3) is 5.91 Å². The molecule has 0 fully saturated rings. The minimum Gasteiger partial charge on any atom is -0.352 e. The number of rotatable bonds is 9. The molecule has 176 valence electrons. The fraction of sp³-hybridized carbons (Fsp3) is 0.250. The molecule has 0 bridgehead atoms. The summed E-state index contributed by atoms with van der Waals surface area (Å²) >= 11 is 6.29. The smallest absolute Gasteiger partial charge is 0.251 e. The molecular formula is C28H29ClN2O3. The fourth-order valence-corrected chi connectivity index (χ4v) is 3.60. The van der Waals surface area contributed by atoms with Gasteiger partial charge in [0.2, 0.25) is 5.91 Å². The van der Waals surface area contributed by atoms with Gasteiger partial charge in [-0.1, -0.05) is 74.0 Å². The normalized spacial score (nSPS) is 11.7. The van der Waals surface area contributed by atoms with E-state index >= 15 is 0 Å². The Labute approximate surface area is 205 Å². The Morgan fingerprint density at radius 1 is 0.824 bits per heavy atom. The number of halogens is 1. The van der Waals surface area contributed by atoms with Gasteiger partial charge in [0.1, 0.15) is 0 Å². The van der Waals surface area contributed by atoms with Crippen molar-refractivity contribution in [2.24, 2.45) is 5.92 Å². The number of carbonyl (C=O) groups is 3. The Morgan fingerprint density at radius 3 is 2.24 bits per heavy atom. The highest BCUT2D eigenvalue weighted by Crippen LogP contribution is 2.26. The highest BCUT2D eigenvalue weighted by Gasteiger charge is 2.19. The van der Waals surface area contributed by atoms with Crippen molar-refractivity contribution in [3.63, 3.8) is 0 Å². The van der Waals surface area contributed by atoms with Crippen LogP contribution in [0.3, 0.4) is 0 Å². The molecular weight excluding hydrogens is 448 g/mol. The van der Waals surface area contributed by atoms with Crippen LogP contribution in [0.2, 0.25) is 5.02 Å². The lowest BCUT2D eigenvalue weighted by Crippen LogP contribution is -2.25. The Bertz CT molecular complexity index is 1180. The molecule has 3 rings (SSSR count). The molecule has 0 aliphatic heterocycles. The van der Waals surface area contributed by atoms with E-state index in [1.54, 1.807) is 55.5 Å². The largest absolute Gasteiger partial charge is 0.352 e. The molecule has 2 amide bonds. The number of anilines is 1. The van der Waals surface area contributed by atoms with Crippen molar-refractivity contribution in [1.82, 2.24) is 5.32 Å². The van der Waals surface area contributed by atoms with Crippen LogP contribution in [0.4, 0.5) is 5.69 Å². The minimum atomic E-state index is -0.539. The Kier molecular flexibility index (Phi) is 8.61. The van der Waals surface area contributed by atoms with Crippen molar-refractivity contribution in [2.45, 2.75) is 33.1 Å². The first kappa shape index (κ1) is 25.2. The van der Waals surface area contributed by atoms with Gasteiger partial charge in [0.15, 0.2) is 5.78 Å². The van der Waals surface area contributed by atoms with Crippen LogP contribution in [0, 0.1) is 5.92 Å². The molecule has 3 aromatic carbocycles. The molecule has 2 N–H and O–H groups in total. The Morgan fingerprint density at radius 2 is 1.53 bits per heavy atom. The number of ketones is 1. The molecule has 0 unspecified atom stereocenters. The molecule has 0 heterocycles. The van der Waals surface area contributed by atoms with Crippen molar-refractivity contribution in [3.8, 4) is 0 Å². The minimum absolute atomic E-state index is 0.103. The molecule has 0 radical (unpaired) electrons. The monoisotopic (exact) mass is 476 g/mol. The third-order valence-electron chi connectivity index (χ3n) is 5.57. The standard InChI is InChI=1S/C28H29ClN2O3/c1-18(2)14-15-30-28(34)23-12-13-24(29)25(17-23)31-27(33)19(3)21-10-7-11-22(16-21)26(32)20-8-5-4-6-9-20/h4-13,16-19H,14-15H2,1-3H3,(H,30,34)(H,31,33)/t19-/m0/s1. The first-order chi connectivity index (χ1) is 16.3. The molecule has 34 heavy (non-hydrogen) atoms. The predicted octanol–water partition coefficient (Wildman–Crippen LogP) is 6.09. The van der Waals surface area contributed by atoms with Crippen molar-refractivity contribution < 1.29 is 14.4 Å². The maximum atomic E-state index is 13.0. The molecule has 0 saturated heterocycles. The first-order valence-electron chi connectivity index (χ1n) is 11.3. The van der Waals surface area contributed by atoms with Gasteiger partial charge >= 0.3 is 0 Å². The topological polar surface area (TPSA) is 75.3 Å². The second kappa shape index (κ2) is 11.6. The molecule has 5 nitrogen and oxygen atoms in total. The predicted molar refractivity (Wildman–Crippen MR) is 137 cm³/mol. The van der Waals surface area contributed by atoms with Crippen molar-refractivity contribution in [2.75, 3.05) is 11.9 Å². The lowest BCUT2D eigenvalue weighted by atomic mass is 9.95. The highest BCUT2D eigenvalue weighted by atomic mass is 35.5. The summed E-state index contributed by atoms with van der Waals surface area (Å²) in [6, 6.07) is 20.9. The Hall–Kier alpha value is -3.44. The maximum absolute atomic E-state index is 13.0. The zero-order valence-corrected chi connectivity index (χ0v) is 20.4. The molecule has 0 saturated carbocycles. The van der Waals surface area contributed by atoms with Crippen molar-refractivity contribution in [1.29, 1.82) is 0 Å².